The van der Waals surface area contributed by atoms with Crippen molar-refractivity contribution in [2.24, 2.45) is 5.92 Å². The molecule has 0 aliphatic rings. The van der Waals surface area contributed by atoms with Crippen LogP contribution in [-0.2, 0) is 39.7 Å². The number of carbonyl (C=O) groups excluding carboxylic acids is 5. The summed E-state index contributed by atoms with van der Waals surface area (Å²) in [5.41, 5.74) is -3.47. The van der Waals surface area contributed by atoms with E-state index < -0.39 is 119 Å². The first kappa shape index (κ1) is 41.6. The van der Waals surface area contributed by atoms with Crippen molar-refractivity contribution < 1.29 is 66.5 Å². The van der Waals surface area contributed by atoms with Crippen LogP contribution in [0.25, 0.3) is 11.0 Å². The molecule has 0 fully saturated rings. The van der Waals surface area contributed by atoms with Gasteiger partial charge in [0.1, 0.15) is 29.8 Å². The number of hydrogen-bond donors (Lipinski definition) is 8. The number of aliphatic hydroxyl groups excluding tert-OH is 1. The van der Waals surface area contributed by atoms with Gasteiger partial charge < -0.3 is 46.3 Å². The van der Waals surface area contributed by atoms with Crippen molar-refractivity contribution in [1.29, 1.82) is 0 Å². The molecule has 1 aromatic heterocycles. The zero-order chi connectivity index (χ0) is 38.8. The molecule has 20 heteroatoms. The topological polar surface area (TPSA) is 271 Å². The Kier molecular flexibility index (Phi) is 14.6. The number of carboxylic acids is 2. The lowest BCUT2D eigenvalue weighted by atomic mass is 10.0. The maximum absolute atomic E-state index is 13.4. The second-order valence-electron chi connectivity index (χ2n) is 11.9. The van der Waals surface area contributed by atoms with Crippen LogP contribution in [0.2, 0.25) is 0 Å². The Morgan fingerprint density at radius 3 is 1.94 bits per heavy atom. The SMILES string of the molecule is CC(=O)N[C@H](CC(C)C)C(=O)N[C@H](CCC(=O)O)C(=O)N[C@H](C(=O)N[C@@H](CC(=O)O)C(=O)Nc1ccc2c(C(F)(F)F)cc(=O)oc2c1)[C@H](C)O. The van der Waals surface area contributed by atoms with Gasteiger partial charge >= 0.3 is 23.7 Å². The molecule has 2 aromatic rings. The minimum atomic E-state index is -4.92. The van der Waals surface area contributed by atoms with E-state index in [1.165, 1.54) is 0 Å². The lowest BCUT2D eigenvalue weighted by Crippen LogP contribution is -2.60. The highest BCUT2D eigenvalue weighted by atomic mass is 19.4. The van der Waals surface area contributed by atoms with E-state index in [9.17, 15) is 61.7 Å². The molecule has 51 heavy (non-hydrogen) atoms. The Hall–Kier alpha value is -5.53. The number of alkyl halides is 3. The minimum Gasteiger partial charge on any atom is -0.481 e. The van der Waals surface area contributed by atoms with Gasteiger partial charge in [0.25, 0.3) is 0 Å². The Labute approximate surface area is 287 Å². The lowest BCUT2D eigenvalue weighted by Gasteiger charge is -2.27. The zero-order valence-electron chi connectivity index (χ0n) is 27.8. The van der Waals surface area contributed by atoms with Crippen molar-refractivity contribution in [2.75, 3.05) is 5.32 Å². The van der Waals surface area contributed by atoms with Crippen LogP contribution in [0.5, 0.6) is 0 Å². The molecule has 0 radical (unpaired) electrons. The highest BCUT2D eigenvalue weighted by Gasteiger charge is 2.36. The van der Waals surface area contributed by atoms with E-state index in [1.54, 1.807) is 13.8 Å². The number of hydrogen-bond acceptors (Lipinski definition) is 10. The van der Waals surface area contributed by atoms with Crippen LogP contribution < -0.4 is 32.2 Å². The molecule has 0 saturated carbocycles. The molecule has 1 aromatic carbocycles. The van der Waals surface area contributed by atoms with Crippen molar-refractivity contribution in [1.82, 2.24) is 21.3 Å². The summed E-state index contributed by atoms with van der Waals surface area (Å²) < 4.78 is 45.0. The molecule has 280 valence electrons. The van der Waals surface area contributed by atoms with Crippen molar-refractivity contribution in [3.63, 3.8) is 0 Å². The first-order valence-corrected chi connectivity index (χ1v) is 15.3. The number of benzene rings is 1. The number of aliphatic hydroxyl groups is 1. The molecule has 0 spiro atoms. The maximum Gasteiger partial charge on any atom is 0.417 e. The van der Waals surface area contributed by atoms with Crippen molar-refractivity contribution in [3.05, 3.63) is 40.2 Å². The van der Waals surface area contributed by atoms with Gasteiger partial charge in [0.05, 0.1) is 18.1 Å². The van der Waals surface area contributed by atoms with E-state index in [0.29, 0.717) is 0 Å². The molecular formula is C31H38F3N5O12. The standard InChI is InChI=1S/C31H38F3N5O12/c1-13(2)9-20(35-15(4)41)29(49)37-19(7-8-23(42)43)27(47)39-26(14(3)40)30(50)38-21(12-24(44)45)28(48)36-16-5-6-17-18(31(32,33)34)11-25(46)51-22(17)10-16/h5-6,10-11,13-14,19-21,26,40H,7-9,12H2,1-4H3,(H,35,41)(H,36,48)(H,37,49)(H,38,50)(H,39,47)(H,42,43)(H,44,45)/t14-,19+,20+,21-,26-/m0/s1. The van der Waals surface area contributed by atoms with Gasteiger partial charge in [0.2, 0.25) is 29.5 Å². The van der Waals surface area contributed by atoms with Gasteiger partial charge in [-0.3, -0.25) is 33.6 Å². The molecule has 0 aliphatic heterocycles. The smallest absolute Gasteiger partial charge is 0.417 e. The predicted molar refractivity (Wildman–Crippen MR) is 170 cm³/mol. The van der Waals surface area contributed by atoms with Crippen LogP contribution in [0, 0.1) is 5.92 Å². The van der Waals surface area contributed by atoms with Gasteiger partial charge in [0, 0.05) is 36.6 Å². The van der Waals surface area contributed by atoms with Gasteiger partial charge in [-0.15, -0.1) is 0 Å². The Morgan fingerprint density at radius 2 is 1.41 bits per heavy atom. The number of nitrogens with one attached hydrogen (secondary N) is 5. The summed E-state index contributed by atoms with van der Waals surface area (Å²) >= 11 is 0. The third-order valence-electron chi connectivity index (χ3n) is 7.07. The van der Waals surface area contributed by atoms with Crippen LogP contribution in [0.15, 0.2) is 33.5 Å². The van der Waals surface area contributed by atoms with Gasteiger partial charge in [0.15, 0.2) is 0 Å². The average molecular weight is 730 g/mol. The van der Waals surface area contributed by atoms with Crippen LogP contribution in [-0.4, -0.2) is 87.1 Å². The summed E-state index contributed by atoms with van der Waals surface area (Å²) in [5, 5.41) is 39.5. The number of fused-ring (bicyclic) bond motifs is 1. The Bertz CT molecular complexity index is 1710. The number of amides is 5. The number of carbonyl (C=O) groups is 7. The molecule has 0 unspecified atom stereocenters. The summed E-state index contributed by atoms with van der Waals surface area (Å²) in [6, 6.07) is -3.52. The summed E-state index contributed by atoms with van der Waals surface area (Å²) in [6.07, 6.45) is -8.66. The maximum atomic E-state index is 13.4. The molecule has 17 nitrogen and oxygen atoms in total. The van der Waals surface area contributed by atoms with Gasteiger partial charge in [-0.1, -0.05) is 13.8 Å². The molecule has 0 aliphatic carbocycles. The lowest BCUT2D eigenvalue weighted by molar-refractivity contribution is -0.141. The van der Waals surface area contributed by atoms with Crippen molar-refractivity contribution in [2.45, 2.75) is 89.8 Å². The Balaban J connectivity index is 2.31. The normalized spacial score (nSPS) is 14.4. The fourth-order valence-electron chi connectivity index (χ4n) is 4.77. The monoisotopic (exact) mass is 729 g/mol. The summed E-state index contributed by atoms with van der Waals surface area (Å²) in [4.78, 5) is 98.7. The Morgan fingerprint density at radius 1 is 0.804 bits per heavy atom. The average Bonchev–Trinajstić information content (AvgIpc) is 2.98. The second-order valence-corrected chi connectivity index (χ2v) is 11.9. The number of aliphatic carboxylic acids is 2. The van der Waals surface area contributed by atoms with E-state index in [-0.39, 0.29) is 24.1 Å². The summed E-state index contributed by atoms with van der Waals surface area (Å²) in [5.74, 6) is -8.09. The summed E-state index contributed by atoms with van der Waals surface area (Å²) in [7, 11) is 0. The van der Waals surface area contributed by atoms with E-state index in [1.807, 2.05) is 0 Å². The van der Waals surface area contributed by atoms with Crippen LogP contribution >= 0.6 is 0 Å². The molecule has 2 rings (SSSR count). The first-order chi connectivity index (χ1) is 23.6. The number of anilines is 1. The van der Waals surface area contributed by atoms with Crippen molar-refractivity contribution in [3.8, 4) is 0 Å². The van der Waals surface area contributed by atoms with Gasteiger partial charge in [-0.25, -0.2) is 4.79 Å². The molecule has 0 saturated heterocycles. The van der Waals surface area contributed by atoms with Gasteiger partial charge in [-0.05, 0) is 37.8 Å². The van der Waals surface area contributed by atoms with Crippen molar-refractivity contribution >= 4 is 58.1 Å². The van der Waals surface area contributed by atoms with E-state index in [4.69, 9.17) is 9.52 Å². The van der Waals surface area contributed by atoms with Crippen LogP contribution in [0.3, 0.4) is 0 Å². The quantitative estimate of drug-likeness (QED) is 0.103. The summed E-state index contributed by atoms with van der Waals surface area (Å²) in [6.45, 7) is 5.73. The molecular weight excluding hydrogens is 691 g/mol. The molecule has 5 amide bonds. The fraction of sp³-hybridized carbons (Fsp3) is 0.484. The number of halogens is 3. The van der Waals surface area contributed by atoms with E-state index in [0.717, 1.165) is 32.0 Å². The predicted octanol–water partition coefficient (Wildman–Crippen LogP) is 0.476. The molecule has 8 N–H and O–H groups in total. The molecule has 1 heterocycles. The highest BCUT2D eigenvalue weighted by molar-refractivity contribution is 6.01. The number of rotatable bonds is 17. The largest absolute Gasteiger partial charge is 0.481 e. The molecule has 0 bridgehead atoms. The minimum absolute atomic E-state index is 0.0951. The number of carboxylic acid groups (broad SMARTS) is 2. The third kappa shape index (κ3) is 13.0. The third-order valence-corrected chi connectivity index (χ3v) is 7.07. The van der Waals surface area contributed by atoms with Crippen LogP contribution in [0.1, 0.15) is 58.9 Å². The zero-order valence-corrected chi connectivity index (χ0v) is 27.8. The van der Waals surface area contributed by atoms with Gasteiger partial charge in [-0.2, -0.15) is 13.2 Å². The van der Waals surface area contributed by atoms with E-state index >= 15 is 0 Å². The second kappa shape index (κ2) is 17.9. The molecule has 5 atom stereocenters. The highest BCUT2D eigenvalue weighted by Crippen LogP contribution is 2.34. The van der Waals surface area contributed by atoms with Crippen LogP contribution in [0.4, 0.5) is 18.9 Å². The fourth-order valence-corrected chi connectivity index (χ4v) is 4.77. The van der Waals surface area contributed by atoms with E-state index in [2.05, 4.69) is 26.6 Å². The first-order valence-electron chi connectivity index (χ1n) is 15.3.